The van der Waals surface area contributed by atoms with Crippen molar-refractivity contribution in [3.8, 4) is 0 Å². The summed E-state index contributed by atoms with van der Waals surface area (Å²) in [6.45, 7) is 4.59. The predicted octanol–water partition coefficient (Wildman–Crippen LogP) is 3.18. The molecule has 7 nitrogen and oxygen atoms in total. The number of hydrogen-bond acceptors (Lipinski definition) is 5. The first-order valence-corrected chi connectivity index (χ1v) is 11.6. The lowest BCUT2D eigenvalue weighted by molar-refractivity contribution is -0.129. The van der Waals surface area contributed by atoms with E-state index in [1.807, 2.05) is 23.1 Å². The molecule has 0 aromatic carbocycles. The molecule has 166 valence electrons. The minimum absolute atomic E-state index is 0.0546. The number of amides is 2. The van der Waals surface area contributed by atoms with Crippen LogP contribution in [0.15, 0.2) is 36.3 Å². The number of nitrogens with zero attached hydrogens (tertiary/aromatic N) is 4. The Morgan fingerprint density at radius 2 is 1.97 bits per heavy atom. The maximum absolute atomic E-state index is 12.9. The van der Waals surface area contributed by atoms with E-state index < -0.39 is 6.17 Å². The van der Waals surface area contributed by atoms with Crippen LogP contribution in [0.4, 0.5) is 5.82 Å². The van der Waals surface area contributed by atoms with Gasteiger partial charge in [0.1, 0.15) is 12.0 Å². The Morgan fingerprint density at radius 1 is 1.16 bits per heavy atom. The van der Waals surface area contributed by atoms with E-state index in [9.17, 15) is 9.59 Å². The van der Waals surface area contributed by atoms with Gasteiger partial charge in [0.25, 0.3) is 5.91 Å². The number of rotatable bonds is 5. The first kappa shape index (κ1) is 21.6. The van der Waals surface area contributed by atoms with Crippen LogP contribution in [-0.4, -0.2) is 52.4 Å². The summed E-state index contributed by atoms with van der Waals surface area (Å²) in [4.78, 5) is 35.7. The van der Waals surface area contributed by atoms with Crippen molar-refractivity contribution in [1.29, 1.82) is 0 Å². The zero-order chi connectivity index (χ0) is 21.8. The molecule has 1 unspecified atom stereocenters. The second kappa shape index (κ2) is 9.64. The Labute approximate surface area is 184 Å². The maximum atomic E-state index is 12.9. The molecule has 2 amide bonds. The van der Waals surface area contributed by atoms with Crippen molar-refractivity contribution < 1.29 is 9.59 Å². The summed E-state index contributed by atoms with van der Waals surface area (Å²) in [5.74, 6) is 1.03. The van der Waals surface area contributed by atoms with Crippen molar-refractivity contribution >= 4 is 17.6 Å². The summed E-state index contributed by atoms with van der Waals surface area (Å²) in [6.07, 6.45) is 14.5. The van der Waals surface area contributed by atoms with Gasteiger partial charge in [-0.2, -0.15) is 0 Å². The number of piperidine rings is 1. The van der Waals surface area contributed by atoms with Crippen molar-refractivity contribution in [2.45, 2.75) is 64.5 Å². The van der Waals surface area contributed by atoms with Gasteiger partial charge in [-0.25, -0.2) is 4.98 Å². The Hall–Kier alpha value is -2.67. The molecule has 2 N–H and O–H groups in total. The molecule has 3 aliphatic rings. The quantitative estimate of drug-likeness (QED) is 0.787. The second-order valence-electron chi connectivity index (χ2n) is 8.62. The number of unbranched alkanes of at least 4 members (excludes halogenated alkanes) is 1. The van der Waals surface area contributed by atoms with Crippen LogP contribution in [0, 0.1) is 0 Å². The van der Waals surface area contributed by atoms with Gasteiger partial charge in [-0.15, -0.1) is 0 Å². The van der Waals surface area contributed by atoms with Crippen LogP contribution in [-0.2, 0) is 11.2 Å². The number of aromatic nitrogens is 1. The molecule has 0 radical (unpaired) electrons. The smallest absolute Gasteiger partial charge is 0.255 e. The Kier molecular flexibility index (Phi) is 6.70. The monoisotopic (exact) mass is 423 g/mol. The summed E-state index contributed by atoms with van der Waals surface area (Å²) in [7, 11) is 0. The van der Waals surface area contributed by atoms with Gasteiger partial charge in [0.2, 0.25) is 5.91 Å². The zero-order valence-corrected chi connectivity index (χ0v) is 18.4. The molecular formula is C24H33N5O2. The zero-order valence-electron chi connectivity index (χ0n) is 18.4. The molecule has 1 aromatic rings. The predicted molar refractivity (Wildman–Crippen MR) is 121 cm³/mol. The number of nitrogens with two attached hydrogens (primary N) is 1. The number of hydrogen-bond donors (Lipinski definition) is 1. The summed E-state index contributed by atoms with van der Waals surface area (Å²) >= 11 is 0. The number of aryl methyl sites for hydroxylation is 1. The molecule has 1 aromatic heterocycles. The molecule has 4 heterocycles. The lowest BCUT2D eigenvalue weighted by atomic mass is 10.0. The molecule has 7 heteroatoms. The lowest BCUT2D eigenvalue weighted by Gasteiger charge is -2.35. The van der Waals surface area contributed by atoms with Crippen molar-refractivity contribution in [1.82, 2.24) is 14.8 Å². The summed E-state index contributed by atoms with van der Waals surface area (Å²) < 4.78 is 0. The summed E-state index contributed by atoms with van der Waals surface area (Å²) in [5.41, 5.74) is 9.03. The summed E-state index contributed by atoms with van der Waals surface area (Å²) in [6, 6.07) is 2.01. The average Bonchev–Trinajstić information content (AvgIpc) is 2.81. The number of allylic oxidation sites excluding steroid dienone is 1. The third-order valence-corrected chi connectivity index (χ3v) is 6.33. The molecule has 1 atom stereocenters. The van der Waals surface area contributed by atoms with Crippen molar-refractivity contribution in [3.05, 3.63) is 47.4 Å². The molecule has 31 heavy (non-hydrogen) atoms. The average molecular weight is 424 g/mol. The topological polar surface area (TPSA) is 82.8 Å². The van der Waals surface area contributed by atoms with Crippen LogP contribution in [0.25, 0.3) is 0 Å². The van der Waals surface area contributed by atoms with Gasteiger partial charge in [0.05, 0.1) is 5.56 Å². The number of likely N-dealkylation sites (tertiary alicyclic amines) is 1. The lowest BCUT2D eigenvalue weighted by Crippen LogP contribution is -2.44. The van der Waals surface area contributed by atoms with E-state index in [0.29, 0.717) is 12.0 Å². The van der Waals surface area contributed by atoms with Gasteiger partial charge in [-0.05, 0) is 62.3 Å². The van der Waals surface area contributed by atoms with Crippen LogP contribution in [0.3, 0.4) is 0 Å². The van der Waals surface area contributed by atoms with E-state index in [-0.39, 0.29) is 11.8 Å². The number of pyridine rings is 1. The van der Waals surface area contributed by atoms with E-state index in [2.05, 4.69) is 11.8 Å². The van der Waals surface area contributed by atoms with E-state index in [1.165, 1.54) is 6.42 Å². The first-order chi connectivity index (χ1) is 15.1. The highest BCUT2D eigenvalue weighted by atomic mass is 16.2. The standard InChI is InChI=1S/C24H33N5O2/c1-2-3-9-22(30)29-14-10-20(16-21(29)25)28-13-7-8-18-15-19(17-26-23(18)28)24(31)27-11-5-4-6-12-27/h10,14-17,21H,2-9,11-13,25H2,1H3. The molecule has 0 saturated carbocycles. The van der Waals surface area contributed by atoms with E-state index in [4.69, 9.17) is 10.7 Å². The normalized spacial score (nSPS) is 21.0. The molecule has 0 aliphatic carbocycles. The third kappa shape index (κ3) is 4.66. The Bertz CT molecular complexity index is 888. The largest absolute Gasteiger partial charge is 0.339 e. The molecule has 0 bridgehead atoms. The molecular weight excluding hydrogens is 390 g/mol. The van der Waals surface area contributed by atoms with Gasteiger partial charge in [0.15, 0.2) is 0 Å². The minimum atomic E-state index is -0.477. The van der Waals surface area contributed by atoms with E-state index in [0.717, 1.165) is 75.2 Å². The van der Waals surface area contributed by atoms with Gasteiger partial charge in [0, 0.05) is 44.1 Å². The maximum Gasteiger partial charge on any atom is 0.255 e. The molecule has 4 rings (SSSR count). The number of carbonyl (C=O) groups excluding carboxylic acids is 2. The van der Waals surface area contributed by atoms with Crippen LogP contribution in [0.5, 0.6) is 0 Å². The van der Waals surface area contributed by atoms with Gasteiger partial charge >= 0.3 is 0 Å². The van der Waals surface area contributed by atoms with Gasteiger partial charge in [-0.1, -0.05) is 13.3 Å². The van der Waals surface area contributed by atoms with Gasteiger partial charge in [-0.3, -0.25) is 14.5 Å². The van der Waals surface area contributed by atoms with E-state index >= 15 is 0 Å². The summed E-state index contributed by atoms with van der Waals surface area (Å²) in [5, 5.41) is 0. The van der Waals surface area contributed by atoms with Crippen molar-refractivity contribution in [2.75, 3.05) is 24.5 Å². The fourth-order valence-electron chi connectivity index (χ4n) is 4.56. The highest BCUT2D eigenvalue weighted by Gasteiger charge is 2.27. The van der Waals surface area contributed by atoms with Crippen LogP contribution in [0.2, 0.25) is 0 Å². The minimum Gasteiger partial charge on any atom is -0.339 e. The fourth-order valence-corrected chi connectivity index (χ4v) is 4.56. The molecule has 0 spiro atoms. The number of fused-ring (bicyclic) bond motifs is 1. The Morgan fingerprint density at radius 3 is 2.71 bits per heavy atom. The molecule has 1 fully saturated rings. The fraction of sp³-hybridized carbons (Fsp3) is 0.542. The van der Waals surface area contributed by atoms with Crippen molar-refractivity contribution in [3.63, 3.8) is 0 Å². The van der Waals surface area contributed by atoms with Crippen LogP contribution in [0.1, 0.15) is 67.8 Å². The highest BCUT2D eigenvalue weighted by molar-refractivity contribution is 5.94. The van der Waals surface area contributed by atoms with Crippen LogP contribution >= 0.6 is 0 Å². The highest BCUT2D eigenvalue weighted by Crippen LogP contribution is 2.31. The first-order valence-electron chi connectivity index (χ1n) is 11.6. The number of carbonyl (C=O) groups is 2. The molecule has 1 saturated heterocycles. The SMILES string of the molecule is CCCCC(=O)N1C=CC(N2CCCc3cc(C(=O)N4CCCCC4)cnc32)=CC1N. The van der Waals surface area contributed by atoms with Crippen molar-refractivity contribution in [2.24, 2.45) is 5.73 Å². The molecule has 3 aliphatic heterocycles. The van der Waals surface area contributed by atoms with Crippen LogP contribution < -0.4 is 10.6 Å². The van der Waals surface area contributed by atoms with E-state index in [1.54, 1.807) is 17.3 Å². The third-order valence-electron chi connectivity index (χ3n) is 6.33. The second-order valence-corrected chi connectivity index (χ2v) is 8.62. The Balaban J connectivity index is 1.50. The van der Waals surface area contributed by atoms with Gasteiger partial charge < -0.3 is 15.5 Å². The number of anilines is 1.